The van der Waals surface area contributed by atoms with Gasteiger partial charge < -0.3 is 0 Å². The number of nitro benzene ring substituents is 1. The van der Waals surface area contributed by atoms with Crippen LogP contribution in [0.2, 0.25) is 0 Å². The van der Waals surface area contributed by atoms with E-state index in [-0.39, 0.29) is 11.6 Å². The lowest BCUT2D eigenvalue weighted by Crippen LogP contribution is -2.19. The molecule has 0 aliphatic carbocycles. The molecule has 7 heteroatoms. The Morgan fingerprint density at radius 2 is 1.82 bits per heavy atom. The Bertz CT molecular complexity index is 721. The lowest BCUT2D eigenvalue weighted by Gasteiger charge is -2.03. The van der Waals surface area contributed by atoms with Crippen LogP contribution in [0.5, 0.6) is 0 Å². The van der Waals surface area contributed by atoms with E-state index in [1.807, 2.05) is 6.92 Å². The van der Waals surface area contributed by atoms with Gasteiger partial charge in [-0.1, -0.05) is 0 Å². The maximum absolute atomic E-state index is 11.9. The first-order valence-corrected chi connectivity index (χ1v) is 6.49. The van der Waals surface area contributed by atoms with Crippen molar-refractivity contribution in [1.29, 1.82) is 0 Å². The van der Waals surface area contributed by atoms with Gasteiger partial charge >= 0.3 is 0 Å². The number of hydrogen-bond donors (Lipinski definition) is 1. The number of nitro groups is 1. The Morgan fingerprint density at radius 1 is 1.18 bits per heavy atom. The number of amides is 1. The first-order valence-electron chi connectivity index (χ1n) is 6.49. The quantitative estimate of drug-likeness (QED) is 0.532. The molecule has 0 fully saturated rings. The third kappa shape index (κ3) is 3.72. The second kappa shape index (κ2) is 6.57. The van der Waals surface area contributed by atoms with Gasteiger partial charge in [0.05, 0.1) is 16.2 Å². The van der Waals surface area contributed by atoms with Crippen LogP contribution in [0.3, 0.4) is 0 Å². The first kappa shape index (κ1) is 15.3. The highest BCUT2D eigenvalue weighted by Crippen LogP contribution is 2.12. The fourth-order valence-electron chi connectivity index (χ4n) is 1.69. The Kier molecular flexibility index (Phi) is 4.57. The smallest absolute Gasteiger partial charge is 0.267 e. The van der Waals surface area contributed by atoms with E-state index in [2.05, 4.69) is 15.5 Å². The van der Waals surface area contributed by atoms with E-state index in [1.54, 1.807) is 31.2 Å². The lowest BCUT2D eigenvalue weighted by atomic mass is 10.1. The van der Waals surface area contributed by atoms with Crippen molar-refractivity contribution in [3.63, 3.8) is 0 Å². The number of nitrogens with zero attached hydrogens (tertiary/aromatic N) is 3. The number of benzene rings is 1. The molecule has 1 heterocycles. The van der Waals surface area contributed by atoms with Crippen molar-refractivity contribution in [2.24, 2.45) is 5.10 Å². The number of hydrogen-bond acceptors (Lipinski definition) is 5. The van der Waals surface area contributed by atoms with Gasteiger partial charge in [-0.3, -0.25) is 19.9 Å². The molecule has 0 radical (unpaired) electrons. The number of carbonyl (C=O) groups excluding carboxylic acids is 1. The minimum Gasteiger partial charge on any atom is -0.267 e. The minimum atomic E-state index is -0.470. The maximum atomic E-state index is 11.9. The van der Waals surface area contributed by atoms with Gasteiger partial charge in [0.2, 0.25) is 0 Å². The molecule has 2 rings (SSSR count). The number of non-ortho nitro benzene ring substituents is 1. The van der Waals surface area contributed by atoms with Gasteiger partial charge in [-0.25, -0.2) is 5.43 Å². The van der Waals surface area contributed by atoms with Crippen LogP contribution in [0.4, 0.5) is 5.69 Å². The van der Waals surface area contributed by atoms with Crippen molar-refractivity contribution in [2.75, 3.05) is 0 Å². The zero-order chi connectivity index (χ0) is 16.1. The summed E-state index contributed by atoms with van der Waals surface area (Å²) in [7, 11) is 0. The van der Waals surface area contributed by atoms with Crippen LogP contribution in [-0.4, -0.2) is 21.5 Å². The van der Waals surface area contributed by atoms with E-state index < -0.39 is 4.92 Å². The third-order valence-electron chi connectivity index (χ3n) is 2.99. The number of nitrogens with one attached hydrogen (secondary N) is 1. The molecule has 0 bridgehead atoms. The van der Waals surface area contributed by atoms with Crippen molar-refractivity contribution < 1.29 is 9.72 Å². The Balaban J connectivity index is 2.07. The molecular formula is C15H14N4O3. The van der Waals surface area contributed by atoms with E-state index in [4.69, 9.17) is 0 Å². The number of carbonyl (C=O) groups is 1. The average molecular weight is 298 g/mol. The molecule has 1 aromatic heterocycles. The molecule has 1 N–H and O–H groups in total. The molecular weight excluding hydrogens is 284 g/mol. The van der Waals surface area contributed by atoms with Crippen molar-refractivity contribution >= 4 is 17.3 Å². The number of aryl methyl sites for hydroxylation is 1. The second-order valence-electron chi connectivity index (χ2n) is 4.63. The van der Waals surface area contributed by atoms with Crippen molar-refractivity contribution in [1.82, 2.24) is 10.4 Å². The Morgan fingerprint density at radius 3 is 2.36 bits per heavy atom. The highest BCUT2D eigenvalue weighted by molar-refractivity contribution is 6.00. The summed E-state index contributed by atoms with van der Waals surface area (Å²) in [5.41, 5.74) is 4.90. The molecule has 2 aromatic rings. The predicted octanol–water partition coefficient (Wildman–Crippen LogP) is 2.45. The summed E-state index contributed by atoms with van der Waals surface area (Å²) in [6, 6.07) is 9.34. The molecule has 0 spiro atoms. The molecule has 0 atom stereocenters. The predicted molar refractivity (Wildman–Crippen MR) is 81.7 cm³/mol. The summed E-state index contributed by atoms with van der Waals surface area (Å²) >= 11 is 0. The summed E-state index contributed by atoms with van der Waals surface area (Å²) < 4.78 is 0. The van der Waals surface area contributed by atoms with Gasteiger partial charge in [0.25, 0.3) is 11.6 Å². The minimum absolute atomic E-state index is 0.00585. The van der Waals surface area contributed by atoms with Crippen molar-refractivity contribution in [3.05, 3.63) is 69.5 Å². The third-order valence-corrected chi connectivity index (χ3v) is 2.99. The molecule has 0 saturated heterocycles. The summed E-state index contributed by atoms with van der Waals surface area (Å²) in [6.07, 6.45) is 1.47. The summed E-state index contributed by atoms with van der Waals surface area (Å²) in [6.45, 7) is 3.54. The highest BCUT2D eigenvalue weighted by atomic mass is 16.6. The molecule has 7 nitrogen and oxygen atoms in total. The fourth-order valence-corrected chi connectivity index (χ4v) is 1.69. The fraction of sp³-hybridized carbons (Fsp3) is 0.133. The zero-order valence-corrected chi connectivity index (χ0v) is 12.1. The van der Waals surface area contributed by atoms with E-state index in [0.717, 1.165) is 5.69 Å². The Hall–Kier alpha value is -3.09. The van der Waals surface area contributed by atoms with Gasteiger partial charge in [-0.05, 0) is 43.7 Å². The lowest BCUT2D eigenvalue weighted by molar-refractivity contribution is -0.384. The largest absolute Gasteiger partial charge is 0.272 e. The normalized spacial score (nSPS) is 11.1. The zero-order valence-electron chi connectivity index (χ0n) is 12.1. The molecule has 22 heavy (non-hydrogen) atoms. The monoisotopic (exact) mass is 298 g/mol. The molecule has 0 aliphatic heterocycles. The first-order chi connectivity index (χ1) is 10.5. The molecule has 0 saturated carbocycles. The van der Waals surface area contributed by atoms with E-state index in [0.29, 0.717) is 16.8 Å². The standard InChI is InChI=1S/C15H14N4O3/c1-10-3-4-13(9-16-10)15(20)18-17-11(2)12-5-7-14(8-6-12)19(21)22/h3-9H,1-2H3,(H,18,20)/b17-11-. The maximum Gasteiger partial charge on any atom is 0.272 e. The molecule has 0 aliphatic rings. The van der Waals surface area contributed by atoms with Crippen LogP contribution >= 0.6 is 0 Å². The Labute approximate surface area is 126 Å². The van der Waals surface area contributed by atoms with Gasteiger partial charge in [-0.2, -0.15) is 5.10 Å². The molecule has 1 amide bonds. The van der Waals surface area contributed by atoms with E-state index in [1.165, 1.54) is 18.3 Å². The van der Waals surface area contributed by atoms with Gasteiger partial charge in [0.1, 0.15) is 0 Å². The van der Waals surface area contributed by atoms with E-state index >= 15 is 0 Å². The number of pyridine rings is 1. The summed E-state index contributed by atoms with van der Waals surface area (Å²) in [5.74, 6) is -0.367. The SMILES string of the molecule is C/C(=N/NC(=O)c1ccc(C)nc1)c1ccc([N+](=O)[O-])cc1. The van der Waals surface area contributed by atoms with Crippen LogP contribution in [0.15, 0.2) is 47.7 Å². The van der Waals surface area contributed by atoms with Crippen LogP contribution < -0.4 is 5.43 Å². The van der Waals surface area contributed by atoms with Gasteiger partial charge in [0, 0.05) is 24.0 Å². The van der Waals surface area contributed by atoms with Gasteiger partial charge in [0.15, 0.2) is 0 Å². The molecule has 0 unspecified atom stereocenters. The topological polar surface area (TPSA) is 97.5 Å². The highest BCUT2D eigenvalue weighted by Gasteiger charge is 2.07. The molecule has 1 aromatic carbocycles. The van der Waals surface area contributed by atoms with Crippen LogP contribution in [0, 0.1) is 17.0 Å². The number of hydrazone groups is 1. The van der Waals surface area contributed by atoms with Crippen molar-refractivity contribution in [3.8, 4) is 0 Å². The average Bonchev–Trinajstić information content (AvgIpc) is 2.53. The van der Waals surface area contributed by atoms with Crippen LogP contribution in [-0.2, 0) is 0 Å². The second-order valence-corrected chi connectivity index (χ2v) is 4.63. The number of rotatable bonds is 4. The van der Waals surface area contributed by atoms with Crippen molar-refractivity contribution in [2.45, 2.75) is 13.8 Å². The van der Waals surface area contributed by atoms with E-state index in [9.17, 15) is 14.9 Å². The van der Waals surface area contributed by atoms with Crippen LogP contribution in [0.1, 0.15) is 28.5 Å². The number of aromatic nitrogens is 1. The summed E-state index contributed by atoms with van der Waals surface area (Å²) in [5, 5.41) is 14.6. The summed E-state index contributed by atoms with van der Waals surface area (Å²) in [4.78, 5) is 26.0. The van der Waals surface area contributed by atoms with Gasteiger partial charge in [-0.15, -0.1) is 0 Å². The molecule has 112 valence electrons. The van der Waals surface area contributed by atoms with Crippen LogP contribution in [0.25, 0.3) is 0 Å².